The minimum Gasteiger partial charge on any atom is -0.372 e. The Morgan fingerprint density at radius 1 is 1.00 bits per heavy atom. The minimum absolute atomic E-state index is 0.131. The third kappa shape index (κ3) is 4.74. The first-order valence-electron chi connectivity index (χ1n) is 10.1. The zero-order valence-corrected chi connectivity index (χ0v) is 16.7. The van der Waals surface area contributed by atoms with Crippen LogP contribution >= 0.6 is 0 Å². The van der Waals surface area contributed by atoms with Gasteiger partial charge < -0.3 is 15.5 Å². The highest BCUT2D eigenvalue weighted by atomic mass is 16.1. The molecule has 0 saturated carbocycles. The van der Waals surface area contributed by atoms with Crippen molar-refractivity contribution in [2.75, 3.05) is 23.3 Å². The molecule has 0 radical (unpaired) electrons. The Morgan fingerprint density at radius 2 is 1.76 bits per heavy atom. The van der Waals surface area contributed by atoms with Crippen molar-refractivity contribution >= 4 is 23.0 Å². The molecule has 1 aliphatic rings. The first-order valence-corrected chi connectivity index (χ1v) is 10.1. The fraction of sp³-hybridized carbons (Fsp3) is 0.250. The predicted octanol–water partition coefficient (Wildman–Crippen LogP) is 4.66. The number of amides is 1. The summed E-state index contributed by atoms with van der Waals surface area (Å²) in [7, 11) is 0. The van der Waals surface area contributed by atoms with E-state index in [1.807, 2.05) is 37.3 Å². The van der Waals surface area contributed by atoms with Gasteiger partial charge in [-0.15, -0.1) is 0 Å². The molecule has 2 N–H and O–H groups in total. The van der Waals surface area contributed by atoms with Gasteiger partial charge in [-0.05, 0) is 61.2 Å². The van der Waals surface area contributed by atoms with E-state index in [4.69, 9.17) is 0 Å². The van der Waals surface area contributed by atoms with Crippen LogP contribution < -0.4 is 15.5 Å². The Kier molecular flexibility index (Phi) is 5.75. The van der Waals surface area contributed by atoms with Gasteiger partial charge in [-0.25, -0.2) is 0 Å². The van der Waals surface area contributed by atoms with E-state index in [0.29, 0.717) is 12.1 Å². The third-order valence-electron chi connectivity index (χ3n) is 5.33. The van der Waals surface area contributed by atoms with Crippen LogP contribution in [-0.4, -0.2) is 24.0 Å². The minimum atomic E-state index is -0.131. The molecule has 5 heteroatoms. The average Bonchev–Trinajstić information content (AvgIpc) is 3.29. The number of anilines is 3. The van der Waals surface area contributed by atoms with Gasteiger partial charge in [-0.3, -0.25) is 9.78 Å². The Labute approximate surface area is 171 Å². The lowest BCUT2D eigenvalue weighted by Gasteiger charge is -2.18. The Balaban J connectivity index is 1.39. The molecule has 29 heavy (non-hydrogen) atoms. The monoisotopic (exact) mass is 386 g/mol. The van der Waals surface area contributed by atoms with Crippen molar-refractivity contribution in [3.63, 3.8) is 0 Å². The molecule has 2 heterocycles. The molecule has 1 amide bonds. The fourth-order valence-electron chi connectivity index (χ4n) is 3.62. The van der Waals surface area contributed by atoms with Crippen molar-refractivity contribution < 1.29 is 4.79 Å². The lowest BCUT2D eigenvalue weighted by atomic mass is 10.1. The van der Waals surface area contributed by atoms with E-state index in [1.54, 1.807) is 12.4 Å². The van der Waals surface area contributed by atoms with Crippen LogP contribution in [0.5, 0.6) is 0 Å². The van der Waals surface area contributed by atoms with Gasteiger partial charge in [0.2, 0.25) is 0 Å². The number of aromatic nitrogens is 1. The molecule has 1 saturated heterocycles. The van der Waals surface area contributed by atoms with Crippen molar-refractivity contribution in [3.05, 3.63) is 83.7 Å². The number of nitrogens with zero attached hydrogens (tertiary/aromatic N) is 2. The maximum atomic E-state index is 12.5. The second kappa shape index (κ2) is 8.78. The molecule has 1 aromatic heterocycles. The van der Waals surface area contributed by atoms with E-state index in [9.17, 15) is 4.79 Å². The molecule has 1 aliphatic heterocycles. The number of aryl methyl sites for hydroxylation is 1. The number of carbonyl (C=O) groups is 1. The normalized spacial score (nSPS) is 13.3. The van der Waals surface area contributed by atoms with Crippen LogP contribution in [0.1, 0.15) is 34.3 Å². The molecule has 0 aliphatic carbocycles. The van der Waals surface area contributed by atoms with E-state index in [2.05, 4.69) is 44.8 Å². The maximum absolute atomic E-state index is 12.5. The summed E-state index contributed by atoms with van der Waals surface area (Å²) in [4.78, 5) is 19.2. The number of rotatable bonds is 6. The van der Waals surface area contributed by atoms with Crippen LogP contribution in [0, 0.1) is 6.92 Å². The summed E-state index contributed by atoms with van der Waals surface area (Å²) in [5.74, 6) is -0.131. The number of hydrogen-bond acceptors (Lipinski definition) is 4. The van der Waals surface area contributed by atoms with Gasteiger partial charge in [0.1, 0.15) is 0 Å². The van der Waals surface area contributed by atoms with Gasteiger partial charge in [0.05, 0.1) is 17.4 Å². The first-order chi connectivity index (χ1) is 14.2. The zero-order chi connectivity index (χ0) is 20.1. The summed E-state index contributed by atoms with van der Waals surface area (Å²) in [5, 5.41) is 6.31. The van der Waals surface area contributed by atoms with Crippen molar-refractivity contribution in [2.24, 2.45) is 0 Å². The first kappa shape index (κ1) is 19.0. The van der Waals surface area contributed by atoms with E-state index < -0.39 is 0 Å². The van der Waals surface area contributed by atoms with Crippen LogP contribution in [0.2, 0.25) is 0 Å². The molecule has 0 unspecified atom stereocenters. The van der Waals surface area contributed by atoms with E-state index in [-0.39, 0.29) is 5.91 Å². The summed E-state index contributed by atoms with van der Waals surface area (Å²) in [6.07, 6.45) is 5.86. The number of benzene rings is 2. The average molecular weight is 386 g/mol. The summed E-state index contributed by atoms with van der Waals surface area (Å²) in [6.45, 7) is 4.82. The molecule has 2 aromatic carbocycles. The number of pyridine rings is 1. The van der Waals surface area contributed by atoms with Crippen LogP contribution in [0.4, 0.5) is 17.1 Å². The van der Waals surface area contributed by atoms with E-state index in [1.165, 1.54) is 24.1 Å². The molecule has 1 fully saturated rings. The van der Waals surface area contributed by atoms with Crippen molar-refractivity contribution in [1.29, 1.82) is 0 Å². The molecular formula is C24H26N4O. The SMILES string of the molecule is Cc1ccccc1CNC(=O)c1cncc(Nc2ccc(N3CCCC3)cc2)c1. The van der Waals surface area contributed by atoms with Crippen molar-refractivity contribution in [3.8, 4) is 0 Å². The smallest absolute Gasteiger partial charge is 0.253 e. The van der Waals surface area contributed by atoms with Crippen molar-refractivity contribution in [1.82, 2.24) is 10.3 Å². The molecule has 3 aromatic rings. The molecule has 0 atom stereocenters. The maximum Gasteiger partial charge on any atom is 0.253 e. The summed E-state index contributed by atoms with van der Waals surface area (Å²) < 4.78 is 0. The Hall–Kier alpha value is -3.34. The van der Waals surface area contributed by atoms with Gasteiger partial charge >= 0.3 is 0 Å². The number of carbonyl (C=O) groups excluding carboxylic acids is 1. The molecule has 5 nitrogen and oxygen atoms in total. The topological polar surface area (TPSA) is 57.3 Å². The molecule has 4 rings (SSSR count). The fourth-order valence-corrected chi connectivity index (χ4v) is 3.62. The predicted molar refractivity (Wildman–Crippen MR) is 118 cm³/mol. The molecular weight excluding hydrogens is 360 g/mol. The lowest BCUT2D eigenvalue weighted by Crippen LogP contribution is -2.23. The van der Waals surface area contributed by atoms with Crippen LogP contribution in [0.3, 0.4) is 0 Å². The highest BCUT2D eigenvalue weighted by Crippen LogP contribution is 2.24. The van der Waals surface area contributed by atoms with Crippen molar-refractivity contribution in [2.45, 2.75) is 26.3 Å². The summed E-state index contributed by atoms with van der Waals surface area (Å²) >= 11 is 0. The second-order valence-corrected chi connectivity index (χ2v) is 7.44. The lowest BCUT2D eigenvalue weighted by molar-refractivity contribution is 0.0950. The largest absolute Gasteiger partial charge is 0.372 e. The number of hydrogen-bond donors (Lipinski definition) is 2. The zero-order valence-electron chi connectivity index (χ0n) is 16.7. The van der Waals surface area contributed by atoms with Gasteiger partial charge in [0, 0.05) is 37.2 Å². The van der Waals surface area contributed by atoms with Gasteiger partial charge in [0.15, 0.2) is 0 Å². The Bertz CT molecular complexity index is 978. The van der Waals surface area contributed by atoms with Gasteiger partial charge in [0.25, 0.3) is 5.91 Å². The van der Waals surface area contributed by atoms with Gasteiger partial charge in [-0.2, -0.15) is 0 Å². The van der Waals surface area contributed by atoms with Crippen LogP contribution in [0.15, 0.2) is 67.0 Å². The highest BCUT2D eigenvalue weighted by Gasteiger charge is 2.12. The standard InChI is InChI=1S/C24H26N4O/c1-18-6-2-3-7-19(18)16-26-24(29)20-14-22(17-25-15-20)27-21-8-10-23(11-9-21)28-12-4-5-13-28/h2-3,6-11,14-15,17,27H,4-5,12-13,16H2,1H3,(H,26,29). The van der Waals surface area contributed by atoms with Gasteiger partial charge in [-0.1, -0.05) is 24.3 Å². The van der Waals surface area contributed by atoms with E-state index >= 15 is 0 Å². The molecule has 0 bridgehead atoms. The van der Waals surface area contributed by atoms with Crippen LogP contribution in [-0.2, 0) is 6.54 Å². The van der Waals surface area contributed by atoms with E-state index in [0.717, 1.165) is 30.0 Å². The second-order valence-electron chi connectivity index (χ2n) is 7.44. The molecule has 0 spiro atoms. The molecule has 148 valence electrons. The number of nitrogens with one attached hydrogen (secondary N) is 2. The summed E-state index contributed by atoms with van der Waals surface area (Å²) in [6, 6.07) is 18.3. The highest BCUT2D eigenvalue weighted by molar-refractivity contribution is 5.94. The third-order valence-corrected chi connectivity index (χ3v) is 5.33. The Morgan fingerprint density at radius 3 is 2.52 bits per heavy atom. The quantitative estimate of drug-likeness (QED) is 0.647. The summed E-state index contributed by atoms with van der Waals surface area (Å²) in [5.41, 5.74) is 5.85. The van der Waals surface area contributed by atoms with Crippen LogP contribution in [0.25, 0.3) is 0 Å².